The molecule has 0 bridgehead atoms. The number of hydrogen-bond acceptors (Lipinski definition) is 2. The van der Waals surface area contributed by atoms with Crippen molar-refractivity contribution in [3.05, 3.63) is 53.1 Å². The van der Waals surface area contributed by atoms with E-state index in [9.17, 15) is 4.39 Å². The van der Waals surface area contributed by atoms with Gasteiger partial charge in [0.15, 0.2) is 0 Å². The van der Waals surface area contributed by atoms with Crippen molar-refractivity contribution in [3.63, 3.8) is 0 Å². The van der Waals surface area contributed by atoms with Crippen LogP contribution in [0.5, 0.6) is 0 Å². The zero-order valence-electron chi connectivity index (χ0n) is 10.9. The van der Waals surface area contributed by atoms with Gasteiger partial charge in [0, 0.05) is 19.3 Å². The Hall–Kier alpha value is -1.68. The third-order valence-electron chi connectivity index (χ3n) is 3.13. The predicted molar refractivity (Wildman–Crippen MR) is 69.8 cm³/mol. The number of hydrogen-bond donors (Lipinski definition) is 1. The first kappa shape index (κ1) is 12.8. The molecule has 3 nitrogen and oxygen atoms in total. The van der Waals surface area contributed by atoms with E-state index >= 15 is 0 Å². The lowest BCUT2D eigenvalue weighted by molar-refractivity contribution is 0.582. The Morgan fingerprint density at radius 3 is 2.78 bits per heavy atom. The van der Waals surface area contributed by atoms with Gasteiger partial charge in [0.1, 0.15) is 5.82 Å². The summed E-state index contributed by atoms with van der Waals surface area (Å²) in [7, 11) is 3.82. The van der Waals surface area contributed by atoms with Gasteiger partial charge in [0.05, 0.1) is 6.20 Å². The number of aromatic nitrogens is 2. The molecule has 0 radical (unpaired) electrons. The molecule has 1 atom stereocenters. The third kappa shape index (κ3) is 2.76. The van der Waals surface area contributed by atoms with E-state index in [4.69, 9.17) is 0 Å². The lowest BCUT2D eigenvalue weighted by Gasteiger charge is -2.16. The van der Waals surface area contributed by atoms with Crippen LogP contribution in [0, 0.1) is 12.7 Å². The maximum absolute atomic E-state index is 13.3. The predicted octanol–water partition coefficient (Wildman–Crippen LogP) is 2.37. The summed E-state index contributed by atoms with van der Waals surface area (Å²) >= 11 is 0. The van der Waals surface area contributed by atoms with Crippen molar-refractivity contribution in [2.45, 2.75) is 19.4 Å². The molecule has 1 N–H and O–H groups in total. The number of aryl methyl sites for hydroxylation is 2. The van der Waals surface area contributed by atoms with E-state index in [2.05, 4.69) is 10.4 Å². The average Bonchev–Trinajstić information content (AvgIpc) is 2.75. The van der Waals surface area contributed by atoms with Gasteiger partial charge < -0.3 is 5.32 Å². The van der Waals surface area contributed by atoms with Crippen LogP contribution in [0.3, 0.4) is 0 Å². The number of halogens is 1. The van der Waals surface area contributed by atoms with E-state index in [1.54, 1.807) is 11.6 Å². The summed E-state index contributed by atoms with van der Waals surface area (Å²) in [5, 5.41) is 7.42. The topological polar surface area (TPSA) is 29.9 Å². The fraction of sp³-hybridized carbons (Fsp3) is 0.357. The van der Waals surface area contributed by atoms with Gasteiger partial charge in [-0.25, -0.2) is 4.39 Å². The van der Waals surface area contributed by atoms with Crippen molar-refractivity contribution in [3.8, 4) is 0 Å². The molecule has 1 aromatic heterocycles. The second kappa shape index (κ2) is 5.31. The summed E-state index contributed by atoms with van der Waals surface area (Å²) in [4.78, 5) is 0. The van der Waals surface area contributed by atoms with E-state index in [1.165, 1.54) is 11.6 Å². The van der Waals surface area contributed by atoms with Crippen LogP contribution in [0.15, 0.2) is 30.6 Å². The lowest BCUT2D eigenvalue weighted by atomic mass is 9.99. The highest BCUT2D eigenvalue weighted by Gasteiger charge is 2.12. The van der Waals surface area contributed by atoms with Crippen molar-refractivity contribution in [2.75, 3.05) is 7.05 Å². The second-order valence-corrected chi connectivity index (χ2v) is 4.58. The summed E-state index contributed by atoms with van der Waals surface area (Å²) in [6.07, 6.45) is 4.71. The maximum Gasteiger partial charge on any atom is 0.126 e. The quantitative estimate of drug-likeness (QED) is 0.899. The van der Waals surface area contributed by atoms with E-state index < -0.39 is 0 Å². The van der Waals surface area contributed by atoms with Crippen LogP contribution in [0.1, 0.15) is 22.7 Å². The summed E-state index contributed by atoms with van der Waals surface area (Å²) in [6.45, 7) is 1.79. The Kier molecular flexibility index (Phi) is 3.77. The van der Waals surface area contributed by atoms with Gasteiger partial charge in [-0.05, 0) is 43.1 Å². The number of benzene rings is 1. The summed E-state index contributed by atoms with van der Waals surface area (Å²) < 4.78 is 15.1. The molecule has 96 valence electrons. The first-order valence-corrected chi connectivity index (χ1v) is 6.01. The van der Waals surface area contributed by atoms with Crippen LogP contribution in [0.2, 0.25) is 0 Å². The Labute approximate surface area is 107 Å². The molecule has 0 aliphatic carbocycles. The molecule has 1 unspecified atom stereocenters. The highest BCUT2D eigenvalue weighted by molar-refractivity contribution is 5.27. The van der Waals surface area contributed by atoms with Gasteiger partial charge in [-0.15, -0.1) is 0 Å². The zero-order chi connectivity index (χ0) is 13.1. The molecular weight excluding hydrogens is 229 g/mol. The molecule has 0 aliphatic heterocycles. The van der Waals surface area contributed by atoms with E-state index in [1.807, 2.05) is 38.6 Å². The highest BCUT2D eigenvalue weighted by atomic mass is 19.1. The van der Waals surface area contributed by atoms with Gasteiger partial charge in [0.2, 0.25) is 0 Å². The van der Waals surface area contributed by atoms with Crippen molar-refractivity contribution in [1.29, 1.82) is 0 Å². The number of likely N-dealkylation sites (N-methyl/N-ethyl adjacent to an activating group) is 1. The fourth-order valence-electron chi connectivity index (χ4n) is 2.08. The SMILES string of the molecule is CNC(Cc1cnn(C)c1)c1ccc(F)c(C)c1. The van der Waals surface area contributed by atoms with E-state index in [0.717, 1.165) is 12.0 Å². The van der Waals surface area contributed by atoms with E-state index in [-0.39, 0.29) is 11.9 Å². The Morgan fingerprint density at radius 1 is 1.44 bits per heavy atom. The molecule has 0 saturated heterocycles. The van der Waals surface area contributed by atoms with Gasteiger partial charge in [-0.2, -0.15) is 5.10 Å². The number of nitrogens with zero attached hydrogens (tertiary/aromatic N) is 2. The first-order valence-electron chi connectivity index (χ1n) is 6.01. The van der Waals surface area contributed by atoms with Crippen molar-refractivity contribution in [2.24, 2.45) is 7.05 Å². The van der Waals surface area contributed by atoms with Crippen molar-refractivity contribution >= 4 is 0 Å². The normalized spacial score (nSPS) is 12.7. The molecule has 1 aromatic carbocycles. The van der Waals surface area contributed by atoms with Crippen LogP contribution in [0.25, 0.3) is 0 Å². The van der Waals surface area contributed by atoms with Crippen LogP contribution in [0.4, 0.5) is 4.39 Å². The Balaban J connectivity index is 2.19. The van der Waals surface area contributed by atoms with Crippen LogP contribution in [-0.2, 0) is 13.5 Å². The number of rotatable bonds is 4. The molecule has 18 heavy (non-hydrogen) atoms. The van der Waals surface area contributed by atoms with Crippen molar-refractivity contribution in [1.82, 2.24) is 15.1 Å². The standard InChI is InChI=1S/C14H18FN3/c1-10-6-12(4-5-13(10)15)14(16-2)7-11-8-17-18(3)9-11/h4-6,8-9,14,16H,7H2,1-3H3. The number of nitrogens with one attached hydrogen (secondary N) is 1. The summed E-state index contributed by atoms with van der Waals surface area (Å²) in [5.74, 6) is -0.157. The molecule has 2 rings (SSSR count). The molecular formula is C14H18FN3. The van der Waals surface area contributed by atoms with Gasteiger partial charge in [-0.1, -0.05) is 12.1 Å². The van der Waals surface area contributed by atoms with E-state index in [0.29, 0.717) is 5.56 Å². The molecule has 2 aromatic rings. The second-order valence-electron chi connectivity index (χ2n) is 4.58. The molecule has 0 fully saturated rings. The molecule has 0 saturated carbocycles. The molecule has 0 aliphatic rings. The van der Waals surface area contributed by atoms with Crippen LogP contribution < -0.4 is 5.32 Å². The first-order chi connectivity index (χ1) is 8.60. The Morgan fingerprint density at radius 2 is 2.22 bits per heavy atom. The molecule has 0 spiro atoms. The minimum Gasteiger partial charge on any atom is -0.313 e. The smallest absolute Gasteiger partial charge is 0.126 e. The minimum absolute atomic E-state index is 0.157. The van der Waals surface area contributed by atoms with Gasteiger partial charge in [-0.3, -0.25) is 4.68 Å². The van der Waals surface area contributed by atoms with Crippen molar-refractivity contribution < 1.29 is 4.39 Å². The molecule has 4 heteroatoms. The van der Waals surface area contributed by atoms with Crippen LogP contribution >= 0.6 is 0 Å². The average molecular weight is 247 g/mol. The molecule has 0 amide bonds. The maximum atomic E-state index is 13.3. The largest absolute Gasteiger partial charge is 0.313 e. The highest BCUT2D eigenvalue weighted by Crippen LogP contribution is 2.20. The monoisotopic (exact) mass is 247 g/mol. The molecule has 1 heterocycles. The van der Waals surface area contributed by atoms with Gasteiger partial charge in [0.25, 0.3) is 0 Å². The summed E-state index contributed by atoms with van der Waals surface area (Å²) in [5.41, 5.74) is 2.94. The lowest BCUT2D eigenvalue weighted by Crippen LogP contribution is -2.18. The fourth-order valence-corrected chi connectivity index (χ4v) is 2.08. The van der Waals surface area contributed by atoms with Gasteiger partial charge >= 0.3 is 0 Å². The van der Waals surface area contributed by atoms with Crippen LogP contribution in [-0.4, -0.2) is 16.8 Å². The Bertz CT molecular complexity index is 534. The zero-order valence-corrected chi connectivity index (χ0v) is 10.9. The minimum atomic E-state index is -0.157. The third-order valence-corrected chi connectivity index (χ3v) is 3.13. The summed E-state index contributed by atoms with van der Waals surface area (Å²) in [6, 6.07) is 5.43.